The normalized spacial score (nSPS) is 12.1. The van der Waals surface area contributed by atoms with E-state index in [1.165, 1.54) is 0 Å². The van der Waals surface area contributed by atoms with E-state index >= 15 is 0 Å². The zero-order chi connectivity index (χ0) is 15.1. The molecule has 0 aliphatic heterocycles. The second kappa shape index (κ2) is 7.69. The maximum Gasteiger partial charge on any atom is 0.183 e. The van der Waals surface area contributed by atoms with E-state index in [9.17, 15) is 0 Å². The fourth-order valence-corrected chi connectivity index (χ4v) is 2.16. The highest BCUT2D eigenvalue weighted by Crippen LogP contribution is 2.28. The number of nitrogens with zero attached hydrogens (tertiary/aromatic N) is 1. The molecule has 2 rings (SSSR count). The average molecular weight is 290 g/mol. The van der Waals surface area contributed by atoms with Crippen molar-refractivity contribution in [1.82, 2.24) is 10.3 Å². The van der Waals surface area contributed by atoms with E-state index in [0.29, 0.717) is 24.1 Å². The van der Waals surface area contributed by atoms with E-state index in [-0.39, 0.29) is 0 Å². The van der Waals surface area contributed by atoms with Gasteiger partial charge in [-0.3, -0.25) is 4.98 Å². The van der Waals surface area contributed by atoms with Crippen LogP contribution >= 0.6 is 0 Å². The molecule has 2 heterocycles. The summed E-state index contributed by atoms with van der Waals surface area (Å²) in [4.78, 5) is 4.35. The lowest BCUT2D eigenvalue weighted by atomic mass is 10.1. The van der Waals surface area contributed by atoms with Gasteiger partial charge in [-0.1, -0.05) is 0 Å². The molecule has 0 fully saturated rings. The molecule has 0 saturated heterocycles. The molecule has 0 spiro atoms. The van der Waals surface area contributed by atoms with Crippen molar-refractivity contribution in [2.45, 2.75) is 32.4 Å². The first-order valence-corrected chi connectivity index (χ1v) is 7.06. The Labute approximate surface area is 125 Å². The van der Waals surface area contributed by atoms with E-state index in [1.54, 1.807) is 32.7 Å². The number of aromatic nitrogens is 1. The fourth-order valence-electron chi connectivity index (χ4n) is 2.16. The largest absolute Gasteiger partial charge is 0.493 e. The lowest BCUT2D eigenvalue weighted by Crippen LogP contribution is -2.26. The van der Waals surface area contributed by atoms with Crippen molar-refractivity contribution in [2.75, 3.05) is 14.2 Å². The number of hydrogen-bond donors (Lipinski definition) is 1. The van der Waals surface area contributed by atoms with Crippen molar-refractivity contribution < 1.29 is 13.9 Å². The highest BCUT2D eigenvalue weighted by atomic mass is 16.5. The summed E-state index contributed by atoms with van der Waals surface area (Å²) < 4.78 is 16.0. The van der Waals surface area contributed by atoms with Crippen molar-refractivity contribution in [2.24, 2.45) is 0 Å². The van der Waals surface area contributed by atoms with Crippen molar-refractivity contribution >= 4 is 0 Å². The summed E-state index contributed by atoms with van der Waals surface area (Å²) >= 11 is 0. The number of ether oxygens (including phenoxy) is 2. The van der Waals surface area contributed by atoms with Crippen LogP contribution in [0.1, 0.15) is 24.8 Å². The van der Waals surface area contributed by atoms with Crippen LogP contribution in [-0.2, 0) is 13.0 Å². The fraction of sp³-hybridized carbons (Fsp3) is 0.438. The maximum absolute atomic E-state index is 5.38. The molecule has 0 radical (unpaired) electrons. The smallest absolute Gasteiger partial charge is 0.183 e. The number of rotatable bonds is 8. The standard InChI is InChI=1S/C16H22N2O3/c1-12(6-7-13-5-4-10-21-13)18-11-14-16(20-3)15(19-2)8-9-17-14/h4-5,8-10,12,18H,6-7,11H2,1-3H3. The Kier molecular flexibility index (Phi) is 5.63. The second-order valence-electron chi connectivity index (χ2n) is 4.89. The van der Waals surface area contributed by atoms with E-state index in [0.717, 1.165) is 24.3 Å². The van der Waals surface area contributed by atoms with Gasteiger partial charge in [0.1, 0.15) is 5.76 Å². The molecular weight excluding hydrogens is 268 g/mol. The Morgan fingerprint density at radius 1 is 1.29 bits per heavy atom. The van der Waals surface area contributed by atoms with Gasteiger partial charge in [-0.15, -0.1) is 0 Å². The molecule has 0 aliphatic rings. The van der Waals surface area contributed by atoms with Crippen LogP contribution in [0.15, 0.2) is 35.1 Å². The predicted octanol–water partition coefficient (Wildman–Crippen LogP) is 2.80. The summed E-state index contributed by atoms with van der Waals surface area (Å²) in [6, 6.07) is 6.06. The molecule has 0 saturated carbocycles. The van der Waals surface area contributed by atoms with E-state index in [1.807, 2.05) is 12.1 Å². The third kappa shape index (κ3) is 4.23. The summed E-state index contributed by atoms with van der Waals surface area (Å²) in [6.07, 6.45) is 5.36. The monoisotopic (exact) mass is 290 g/mol. The van der Waals surface area contributed by atoms with E-state index in [4.69, 9.17) is 13.9 Å². The zero-order valence-corrected chi connectivity index (χ0v) is 12.8. The summed E-state index contributed by atoms with van der Waals surface area (Å²) in [5.74, 6) is 2.40. The molecule has 1 atom stereocenters. The number of furan rings is 1. The predicted molar refractivity (Wildman–Crippen MR) is 80.7 cm³/mol. The Morgan fingerprint density at radius 3 is 2.81 bits per heavy atom. The molecule has 1 N–H and O–H groups in total. The van der Waals surface area contributed by atoms with Crippen molar-refractivity contribution in [1.29, 1.82) is 0 Å². The topological polar surface area (TPSA) is 56.5 Å². The SMILES string of the molecule is COc1ccnc(CNC(C)CCc2ccco2)c1OC. The van der Waals surface area contributed by atoms with Gasteiger partial charge in [-0.2, -0.15) is 0 Å². The second-order valence-corrected chi connectivity index (χ2v) is 4.89. The first-order valence-electron chi connectivity index (χ1n) is 7.06. The van der Waals surface area contributed by atoms with E-state index in [2.05, 4.69) is 17.2 Å². The number of aryl methyl sites for hydroxylation is 1. The Hall–Kier alpha value is -2.01. The third-order valence-electron chi connectivity index (χ3n) is 3.39. The molecule has 0 aliphatic carbocycles. The Morgan fingerprint density at radius 2 is 2.14 bits per heavy atom. The molecule has 0 amide bonds. The highest BCUT2D eigenvalue weighted by molar-refractivity contribution is 5.42. The minimum atomic E-state index is 0.354. The minimum Gasteiger partial charge on any atom is -0.493 e. The molecule has 2 aromatic heterocycles. The quantitative estimate of drug-likeness (QED) is 0.810. The Bertz CT molecular complexity index is 540. The molecule has 0 aromatic carbocycles. The third-order valence-corrected chi connectivity index (χ3v) is 3.39. The van der Waals surface area contributed by atoms with Gasteiger partial charge in [0, 0.05) is 31.3 Å². The first kappa shape index (κ1) is 15.4. The minimum absolute atomic E-state index is 0.354. The van der Waals surface area contributed by atoms with Crippen LogP contribution in [0.3, 0.4) is 0 Å². The average Bonchev–Trinajstić information content (AvgIpc) is 3.03. The molecule has 5 heteroatoms. The summed E-state index contributed by atoms with van der Waals surface area (Å²) in [6.45, 7) is 2.79. The van der Waals surface area contributed by atoms with Crippen LogP contribution < -0.4 is 14.8 Å². The molecule has 5 nitrogen and oxygen atoms in total. The lowest BCUT2D eigenvalue weighted by molar-refractivity contribution is 0.346. The molecule has 21 heavy (non-hydrogen) atoms. The molecular formula is C16H22N2O3. The number of nitrogens with one attached hydrogen (secondary N) is 1. The summed E-state index contributed by atoms with van der Waals surface area (Å²) in [5.41, 5.74) is 0.849. The van der Waals surface area contributed by atoms with Crippen LogP contribution in [0, 0.1) is 0 Å². The summed E-state index contributed by atoms with van der Waals surface area (Å²) in [7, 11) is 3.25. The first-order chi connectivity index (χ1) is 10.2. The van der Waals surface area contributed by atoms with Crippen LogP contribution in [0.5, 0.6) is 11.5 Å². The van der Waals surface area contributed by atoms with Crippen molar-refractivity contribution in [3.05, 3.63) is 42.1 Å². The van der Waals surface area contributed by atoms with Gasteiger partial charge in [0.15, 0.2) is 11.5 Å². The van der Waals surface area contributed by atoms with Crippen LogP contribution in [0.2, 0.25) is 0 Å². The van der Waals surface area contributed by atoms with Gasteiger partial charge in [0.05, 0.1) is 26.2 Å². The number of pyridine rings is 1. The van der Waals surface area contributed by atoms with Crippen molar-refractivity contribution in [3.8, 4) is 11.5 Å². The van der Waals surface area contributed by atoms with E-state index < -0.39 is 0 Å². The van der Waals surface area contributed by atoms with Crippen LogP contribution in [0.25, 0.3) is 0 Å². The number of hydrogen-bond acceptors (Lipinski definition) is 5. The Balaban J connectivity index is 1.87. The summed E-state index contributed by atoms with van der Waals surface area (Å²) in [5, 5.41) is 3.45. The van der Waals surface area contributed by atoms with Gasteiger partial charge in [-0.25, -0.2) is 0 Å². The maximum atomic E-state index is 5.38. The van der Waals surface area contributed by atoms with Gasteiger partial charge in [0.25, 0.3) is 0 Å². The van der Waals surface area contributed by atoms with Gasteiger partial charge in [0.2, 0.25) is 0 Å². The molecule has 114 valence electrons. The lowest BCUT2D eigenvalue weighted by Gasteiger charge is -2.15. The highest BCUT2D eigenvalue weighted by Gasteiger charge is 2.12. The molecule has 1 unspecified atom stereocenters. The zero-order valence-electron chi connectivity index (χ0n) is 12.8. The van der Waals surface area contributed by atoms with Gasteiger partial charge in [-0.05, 0) is 25.5 Å². The van der Waals surface area contributed by atoms with Crippen LogP contribution in [-0.4, -0.2) is 25.2 Å². The molecule has 2 aromatic rings. The number of methoxy groups -OCH3 is 2. The van der Waals surface area contributed by atoms with Gasteiger partial charge >= 0.3 is 0 Å². The molecule has 0 bridgehead atoms. The van der Waals surface area contributed by atoms with Crippen LogP contribution in [0.4, 0.5) is 0 Å². The van der Waals surface area contributed by atoms with Crippen molar-refractivity contribution in [3.63, 3.8) is 0 Å². The van der Waals surface area contributed by atoms with Gasteiger partial charge < -0.3 is 19.2 Å².